The van der Waals surface area contributed by atoms with E-state index in [1.165, 1.54) is 32.7 Å². The molecule has 0 saturated carbocycles. The Labute approximate surface area is 117 Å². The van der Waals surface area contributed by atoms with Crippen LogP contribution in [0.4, 0.5) is 0 Å². The van der Waals surface area contributed by atoms with Crippen molar-refractivity contribution in [2.45, 2.75) is 0 Å². The van der Waals surface area contributed by atoms with Crippen LogP contribution in [0.1, 0.15) is 0 Å². The number of nitrogens with zero attached hydrogens (tertiary/aromatic N) is 1. The lowest BCUT2D eigenvalue weighted by molar-refractivity contribution is 1.36. The highest BCUT2D eigenvalue weighted by Crippen LogP contribution is 2.30. The SMILES string of the molecule is c1ccc2c(-c3ccc4ccncc4c3)cccc2c1. The molecule has 0 aliphatic heterocycles. The third kappa shape index (κ3) is 1.76. The first-order valence-corrected chi connectivity index (χ1v) is 6.74. The Morgan fingerprint density at radius 1 is 0.650 bits per heavy atom. The van der Waals surface area contributed by atoms with E-state index in [4.69, 9.17) is 0 Å². The van der Waals surface area contributed by atoms with E-state index >= 15 is 0 Å². The standard InChI is InChI=1S/C19H13N/c1-2-6-18-15(4-1)5-3-7-19(18)16-9-8-14-10-11-20-13-17(14)12-16/h1-13H. The van der Waals surface area contributed by atoms with Gasteiger partial charge >= 0.3 is 0 Å². The van der Waals surface area contributed by atoms with Crippen molar-refractivity contribution in [2.75, 3.05) is 0 Å². The van der Waals surface area contributed by atoms with Gasteiger partial charge in [-0.1, -0.05) is 54.6 Å². The molecule has 0 spiro atoms. The predicted octanol–water partition coefficient (Wildman–Crippen LogP) is 5.06. The summed E-state index contributed by atoms with van der Waals surface area (Å²) in [6.07, 6.45) is 3.75. The highest BCUT2D eigenvalue weighted by Gasteiger charge is 2.04. The minimum atomic E-state index is 1.18. The normalized spacial score (nSPS) is 11.0. The van der Waals surface area contributed by atoms with Crippen molar-refractivity contribution in [1.82, 2.24) is 4.98 Å². The van der Waals surface area contributed by atoms with Crippen molar-refractivity contribution in [2.24, 2.45) is 0 Å². The van der Waals surface area contributed by atoms with Gasteiger partial charge in [0, 0.05) is 17.8 Å². The number of rotatable bonds is 1. The summed E-state index contributed by atoms with van der Waals surface area (Å²) in [7, 11) is 0. The molecular weight excluding hydrogens is 242 g/mol. The van der Waals surface area contributed by atoms with Crippen molar-refractivity contribution < 1.29 is 0 Å². The first-order chi connectivity index (χ1) is 9.92. The molecule has 1 aromatic heterocycles. The number of aromatic nitrogens is 1. The van der Waals surface area contributed by atoms with Crippen LogP contribution in [0, 0.1) is 0 Å². The molecule has 0 saturated heterocycles. The minimum absolute atomic E-state index is 1.18. The average Bonchev–Trinajstić information content (AvgIpc) is 2.54. The molecule has 0 radical (unpaired) electrons. The van der Waals surface area contributed by atoms with Gasteiger partial charge in [0.2, 0.25) is 0 Å². The van der Waals surface area contributed by atoms with Crippen molar-refractivity contribution in [1.29, 1.82) is 0 Å². The Balaban J connectivity index is 2.01. The second kappa shape index (κ2) is 4.46. The highest BCUT2D eigenvalue weighted by molar-refractivity contribution is 5.98. The van der Waals surface area contributed by atoms with Gasteiger partial charge in [-0.2, -0.15) is 0 Å². The van der Waals surface area contributed by atoms with E-state index in [0.717, 1.165) is 0 Å². The van der Waals surface area contributed by atoms with Crippen molar-refractivity contribution in [3.8, 4) is 11.1 Å². The van der Waals surface area contributed by atoms with E-state index in [-0.39, 0.29) is 0 Å². The molecule has 0 amide bonds. The summed E-state index contributed by atoms with van der Waals surface area (Å²) in [6, 6.07) is 23.6. The molecule has 20 heavy (non-hydrogen) atoms. The topological polar surface area (TPSA) is 12.9 Å². The van der Waals surface area contributed by atoms with Crippen LogP contribution in [0.3, 0.4) is 0 Å². The molecule has 0 bridgehead atoms. The average molecular weight is 255 g/mol. The van der Waals surface area contributed by atoms with Gasteiger partial charge in [-0.25, -0.2) is 0 Å². The summed E-state index contributed by atoms with van der Waals surface area (Å²) in [6.45, 7) is 0. The third-order valence-electron chi connectivity index (χ3n) is 3.74. The van der Waals surface area contributed by atoms with Crippen LogP contribution in [0.5, 0.6) is 0 Å². The maximum Gasteiger partial charge on any atom is 0.0346 e. The van der Waals surface area contributed by atoms with Crippen molar-refractivity contribution in [3.63, 3.8) is 0 Å². The number of benzene rings is 3. The zero-order valence-electron chi connectivity index (χ0n) is 11.0. The summed E-state index contributed by atoms with van der Waals surface area (Å²) < 4.78 is 0. The largest absolute Gasteiger partial charge is 0.264 e. The van der Waals surface area contributed by atoms with E-state index in [1.807, 2.05) is 18.5 Å². The summed E-state index contributed by atoms with van der Waals surface area (Å²) in [5.41, 5.74) is 2.51. The third-order valence-corrected chi connectivity index (χ3v) is 3.74. The Kier molecular flexibility index (Phi) is 2.49. The van der Waals surface area contributed by atoms with Crippen LogP contribution in [-0.4, -0.2) is 4.98 Å². The van der Waals surface area contributed by atoms with E-state index in [9.17, 15) is 0 Å². The van der Waals surface area contributed by atoms with Crippen LogP contribution in [0.15, 0.2) is 79.1 Å². The minimum Gasteiger partial charge on any atom is -0.264 e. The molecule has 1 heteroatoms. The van der Waals surface area contributed by atoms with Gasteiger partial charge in [-0.15, -0.1) is 0 Å². The Morgan fingerprint density at radius 2 is 1.55 bits per heavy atom. The summed E-state index contributed by atoms with van der Waals surface area (Å²) in [5, 5.41) is 4.97. The lowest BCUT2D eigenvalue weighted by atomic mass is 9.97. The molecule has 0 aliphatic rings. The lowest BCUT2D eigenvalue weighted by Gasteiger charge is -2.08. The second-order valence-electron chi connectivity index (χ2n) is 4.96. The van der Waals surface area contributed by atoms with Crippen LogP contribution in [-0.2, 0) is 0 Å². The van der Waals surface area contributed by atoms with E-state index in [0.29, 0.717) is 0 Å². The lowest BCUT2D eigenvalue weighted by Crippen LogP contribution is -1.82. The maximum atomic E-state index is 4.21. The number of pyridine rings is 1. The fourth-order valence-electron chi connectivity index (χ4n) is 2.73. The number of fused-ring (bicyclic) bond motifs is 2. The number of hydrogen-bond donors (Lipinski definition) is 0. The molecule has 0 N–H and O–H groups in total. The van der Waals surface area contributed by atoms with Gasteiger partial charge in [0.05, 0.1) is 0 Å². The smallest absolute Gasteiger partial charge is 0.0346 e. The fraction of sp³-hybridized carbons (Fsp3) is 0. The molecule has 94 valence electrons. The Morgan fingerprint density at radius 3 is 2.55 bits per heavy atom. The zero-order valence-corrected chi connectivity index (χ0v) is 11.0. The van der Waals surface area contributed by atoms with Gasteiger partial charge in [-0.3, -0.25) is 4.98 Å². The molecule has 3 aromatic carbocycles. The van der Waals surface area contributed by atoms with Gasteiger partial charge in [0.15, 0.2) is 0 Å². The quantitative estimate of drug-likeness (QED) is 0.463. The van der Waals surface area contributed by atoms with Crippen molar-refractivity contribution >= 4 is 21.5 Å². The predicted molar refractivity (Wildman–Crippen MR) is 84.7 cm³/mol. The van der Waals surface area contributed by atoms with Crippen LogP contribution >= 0.6 is 0 Å². The van der Waals surface area contributed by atoms with Gasteiger partial charge in [0.1, 0.15) is 0 Å². The van der Waals surface area contributed by atoms with Gasteiger partial charge in [0.25, 0.3) is 0 Å². The highest BCUT2D eigenvalue weighted by atomic mass is 14.6. The van der Waals surface area contributed by atoms with E-state index in [1.54, 1.807) is 0 Å². The van der Waals surface area contributed by atoms with Gasteiger partial charge < -0.3 is 0 Å². The molecule has 0 atom stereocenters. The fourth-order valence-corrected chi connectivity index (χ4v) is 2.73. The molecule has 0 aliphatic carbocycles. The molecule has 4 aromatic rings. The first-order valence-electron chi connectivity index (χ1n) is 6.74. The molecule has 1 heterocycles. The first kappa shape index (κ1) is 11.2. The van der Waals surface area contributed by atoms with Crippen LogP contribution in [0.25, 0.3) is 32.7 Å². The monoisotopic (exact) mass is 255 g/mol. The molecule has 1 nitrogen and oxygen atoms in total. The summed E-state index contributed by atoms with van der Waals surface area (Å²) in [4.78, 5) is 4.21. The van der Waals surface area contributed by atoms with E-state index in [2.05, 4.69) is 65.6 Å². The molecular formula is C19H13N. The van der Waals surface area contributed by atoms with E-state index < -0.39 is 0 Å². The summed E-state index contributed by atoms with van der Waals surface area (Å²) >= 11 is 0. The second-order valence-corrected chi connectivity index (χ2v) is 4.96. The zero-order chi connectivity index (χ0) is 13.4. The Bertz CT molecular complexity index is 904. The maximum absolute atomic E-state index is 4.21. The molecule has 0 unspecified atom stereocenters. The van der Waals surface area contributed by atoms with Crippen molar-refractivity contribution in [3.05, 3.63) is 79.1 Å². The van der Waals surface area contributed by atoms with Crippen LogP contribution in [0.2, 0.25) is 0 Å². The van der Waals surface area contributed by atoms with Crippen LogP contribution < -0.4 is 0 Å². The van der Waals surface area contributed by atoms with Gasteiger partial charge in [-0.05, 0) is 39.4 Å². The molecule has 4 rings (SSSR count). The molecule has 0 fully saturated rings. The number of hydrogen-bond acceptors (Lipinski definition) is 1. The summed E-state index contributed by atoms with van der Waals surface area (Å²) in [5.74, 6) is 0. The Hall–Kier alpha value is -2.67.